The van der Waals surface area contributed by atoms with Gasteiger partial charge in [0.05, 0.1) is 11.5 Å². The van der Waals surface area contributed by atoms with E-state index in [0.29, 0.717) is 31.7 Å². The van der Waals surface area contributed by atoms with E-state index < -0.39 is 16.2 Å². The number of benzene rings is 1. The molecule has 1 aliphatic carbocycles. The van der Waals surface area contributed by atoms with Crippen LogP contribution in [0.4, 0.5) is 0 Å². The van der Waals surface area contributed by atoms with Crippen molar-refractivity contribution in [1.82, 2.24) is 15.9 Å². The fraction of sp³-hybridized carbons (Fsp3) is 0.727. The standard InChI is InChI=1S/C22H39N5O5S/c1-18-2-8-22(9-3-18)33(30,31)32-15-14-25-11-10-24-12-13-26-17-20(23)16-19-4-6-21(7-5-19)27(28)29/h2-3,8-9,19-21,24-26H,4-7,10-17,23H2,1H3/i/hT4. The van der Waals surface area contributed by atoms with Crippen molar-refractivity contribution < 1.29 is 23.2 Å². The van der Waals surface area contributed by atoms with Crippen LogP contribution < -0.4 is 21.7 Å². The Balaban J connectivity index is 1.60. The SMILES string of the molecule is [3H]NC(CC1CCC([N+](=O)[O-])CC1)CN([3H])CCN([3H])CCN([3H])CCOS(=O)(=O)c1ccc(C)cc1. The smallest absolute Gasteiger partial charge is 0.297 e. The van der Waals surface area contributed by atoms with E-state index in [0.717, 1.165) is 23.7 Å². The molecular formula is C22H39N5O5S. The summed E-state index contributed by atoms with van der Waals surface area (Å²) in [5.41, 5.74) is 3.43. The van der Waals surface area contributed by atoms with E-state index in [4.69, 9.17) is 9.83 Å². The molecule has 1 aromatic rings. The van der Waals surface area contributed by atoms with Gasteiger partial charge in [0.1, 0.15) is 5.65 Å². The molecule has 11 heteroatoms. The van der Waals surface area contributed by atoms with Gasteiger partial charge in [0.2, 0.25) is 6.04 Å². The fourth-order valence-electron chi connectivity index (χ4n) is 3.81. The molecule has 5 N–H and O–H groups in total. The molecule has 2 rings (SSSR count). The lowest BCUT2D eigenvalue weighted by Crippen LogP contribution is -2.40. The second kappa shape index (κ2) is 14.6. The fourth-order valence-corrected chi connectivity index (χ4v) is 4.71. The van der Waals surface area contributed by atoms with E-state index in [9.17, 15) is 18.5 Å². The number of hydrogen-bond donors (Lipinski definition) is 4. The van der Waals surface area contributed by atoms with Gasteiger partial charge in [-0.1, -0.05) is 17.7 Å². The van der Waals surface area contributed by atoms with Crippen molar-refractivity contribution in [3.05, 3.63) is 39.9 Å². The van der Waals surface area contributed by atoms with Crippen LogP contribution in [0.15, 0.2) is 29.2 Å². The van der Waals surface area contributed by atoms with Crippen molar-refractivity contribution in [2.75, 3.05) is 45.9 Å². The van der Waals surface area contributed by atoms with E-state index in [1.807, 2.05) is 6.92 Å². The maximum Gasteiger partial charge on any atom is 0.297 e. The maximum atomic E-state index is 12.2. The Hall–Kier alpha value is -1.63. The minimum absolute atomic E-state index is 0.0595. The predicted molar refractivity (Wildman–Crippen MR) is 128 cm³/mol. The topological polar surface area (TPSA) is 149 Å². The molecule has 0 radical (unpaired) electrons. The van der Waals surface area contributed by atoms with Gasteiger partial charge in [-0.05, 0) is 44.2 Å². The molecule has 10 nitrogen and oxygen atoms in total. The van der Waals surface area contributed by atoms with Crippen LogP contribution in [-0.2, 0) is 14.3 Å². The van der Waals surface area contributed by atoms with Crippen LogP contribution in [0.3, 0.4) is 0 Å². The normalized spacial score (nSPS) is 22.1. The van der Waals surface area contributed by atoms with E-state index >= 15 is 0 Å². The minimum Gasteiger partial charge on any atom is -0.327 e. The third-order valence-corrected chi connectivity index (χ3v) is 7.04. The Labute approximate surface area is 203 Å². The largest absolute Gasteiger partial charge is 0.327 e. The number of nitrogens with one attached hydrogen (secondary N) is 3. The average Bonchev–Trinajstić information content (AvgIpc) is 2.86. The van der Waals surface area contributed by atoms with Crippen LogP contribution >= 0.6 is 0 Å². The van der Waals surface area contributed by atoms with Crippen molar-refractivity contribution in [2.45, 2.75) is 56.0 Å². The van der Waals surface area contributed by atoms with Gasteiger partial charge >= 0.3 is 0 Å². The Morgan fingerprint density at radius 2 is 1.73 bits per heavy atom. The van der Waals surface area contributed by atoms with Crippen molar-refractivity contribution in [3.63, 3.8) is 0 Å². The Bertz CT molecular complexity index is 923. The monoisotopic (exact) mass is 493 g/mol. The summed E-state index contributed by atoms with van der Waals surface area (Å²) in [6.45, 7) is 3.05. The summed E-state index contributed by atoms with van der Waals surface area (Å²) in [6, 6.07) is 5.63. The summed E-state index contributed by atoms with van der Waals surface area (Å²) in [5, 5.41) is 14.6. The van der Waals surface area contributed by atoms with Gasteiger partial charge in [-0.15, -0.1) is 0 Å². The number of nitro groups is 1. The Morgan fingerprint density at radius 1 is 1.12 bits per heavy atom. The lowest BCUT2D eigenvalue weighted by atomic mass is 9.82. The Kier molecular flexibility index (Phi) is 9.67. The Morgan fingerprint density at radius 3 is 2.33 bits per heavy atom. The first-order valence-electron chi connectivity index (χ1n) is 13.3. The molecule has 1 aromatic carbocycles. The lowest BCUT2D eigenvalue weighted by molar-refractivity contribution is -0.527. The number of rotatable bonds is 17. The third-order valence-electron chi connectivity index (χ3n) is 5.71. The molecule has 33 heavy (non-hydrogen) atoms. The van der Waals surface area contributed by atoms with Crippen LogP contribution in [0, 0.1) is 23.0 Å². The molecule has 1 fully saturated rings. The molecule has 0 amide bonds. The summed E-state index contributed by atoms with van der Waals surface area (Å²) in [4.78, 5) is 10.8. The van der Waals surface area contributed by atoms with Crippen LogP contribution in [0.25, 0.3) is 0 Å². The highest BCUT2D eigenvalue weighted by Gasteiger charge is 2.28. The van der Waals surface area contributed by atoms with E-state index in [2.05, 4.69) is 5.73 Å². The van der Waals surface area contributed by atoms with Crippen molar-refractivity contribution in [2.24, 2.45) is 11.6 Å². The molecule has 0 spiro atoms. The quantitative estimate of drug-likeness (QED) is 0.142. The number of nitrogens with two attached hydrogens (primary N) is 1. The first kappa shape index (κ1) is 21.9. The van der Waals surface area contributed by atoms with Crippen molar-refractivity contribution in [3.8, 4) is 0 Å². The van der Waals surface area contributed by atoms with E-state index in [-0.39, 0.29) is 55.2 Å². The van der Waals surface area contributed by atoms with E-state index in [1.165, 1.54) is 22.8 Å². The number of hydrogen-bond acceptors (Lipinski definition) is 9. The molecule has 1 unspecified atom stereocenters. The second-order valence-electron chi connectivity index (χ2n) is 8.45. The number of aryl methyl sites for hydroxylation is 1. The summed E-state index contributed by atoms with van der Waals surface area (Å²) < 4.78 is 61.0. The molecule has 0 heterocycles. The minimum atomic E-state index is -3.88. The van der Waals surface area contributed by atoms with Gasteiger partial charge in [-0.3, -0.25) is 14.3 Å². The van der Waals surface area contributed by atoms with Crippen LogP contribution in [-0.4, -0.2) is 71.3 Å². The van der Waals surface area contributed by atoms with Gasteiger partial charge < -0.3 is 21.7 Å². The second-order valence-corrected chi connectivity index (χ2v) is 10.1. The highest BCUT2D eigenvalue weighted by Crippen LogP contribution is 2.28. The lowest BCUT2D eigenvalue weighted by Gasteiger charge is -2.26. The zero-order chi connectivity index (χ0) is 27.4. The van der Waals surface area contributed by atoms with Crippen molar-refractivity contribution >= 4 is 10.1 Å². The predicted octanol–water partition coefficient (Wildman–Crippen LogP) is 1.02. The van der Waals surface area contributed by atoms with Gasteiger partial charge in [-0.2, -0.15) is 8.42 Å². The summed E-state index contributed by atoms with van der Waals surface area (Å²) >= 11 is 0. The molecule has 0 aliphatic heterocycles. The highest BCUT2D eigenvalue weighted by molar-refractivity contribution is 7.86. The van der Waals surface area contributed by atoms with Crippen molar-refractivity contribution in [1.29, 1.82) is 0 Å². The average molecular weight is 494 g/mol. The highest BCUT2D eigenvalue weighted by atomic mass is 32.2. The third kappa shape index (κ3) is 10.9. The van der Waals surface area contributed by atoms with E-state index in [1.54, 1.807) is 12.1 Å². The first-order valence-corrected chi connectivity index (χ1v) is 12.9. The molecule has 0 bridgehead atoms. The summed E-state index contributed by atoms with van der Waals surface area (Å²) in [7, 11) is -3.88. The van der Waals surface area contributed by atoms with Gasteiger partial charge in [0.15, 0.2) is 0 Å². The molecular weight excluding hydrogens is 446 g/mol. The molecule has 0 saturated heterocycles. The molecule has 188 valence electrons. The first-order chi connectivity index (χ1) is 17.5. The van der Waals surface area contributed by atoms with Crippen LogP contribution in [0.5, 0.6) is 0 Å². The molecule has 1 atom stereocenters. The molecule has 0 aromatic heterocycles. The van der Waals surface area contributed by atoms with Crippen LogP contribution in [0.1, 0.15) is 37.7 Å². The molecule has 1 saturated carbocycles. The summed E-state index contributed by atoms with van der Waals surface area (Å²) in [6.07, 6.45) is 3.32. The maximum absolute atomic E-state index is 12.2. The summed E-state index contributed by atoms with van der Waals surface area (Å²) in [5.74, 6) is 0.305. The zero-order valence-electron chi connectivity index (χ0n) is 23.3. The number of nitrogens with zero attached hydrogens (tertiary/aromatic N) is 1. The van der Waals surface area contributed by atoms with Gasteiger partial charge in [0.25, 0.3) is 10.1 Å². The molecule has 1 aliphatic rings. The van der Waals surface area contributed by atoms with Gasteiger partial charge in [-0.25, -0.2) is 0 Å². The van der Waals surface area contributed by atoms with Gasteiger partial charge in [0, 0.05) is 63.1 Å². The van der Waals surface area contributed by atoms with Crippen LogP contribution in [0.2, 0.25) is 5.65 Å². The zero-order valence-corrected chi connectivity index (χ0v) is 20.1.